The molecular weight excluding hydrogens is 222 g/mol. The monoisotopic (exact) mass is 241 g/mol. The van der Waals surface area contributed by atoms with Crippen molar-refractivity contribution in [1.29, 1.82) is 0 Å². The average molecular weight is 241 g/mol. The van der Waals surface area contributed by atoms with Crippen LogP contribution in [0, 0.1) is 6.92 Å². The third-order valence-electron chi connectivity index (χ3n) is 3.90. The maximum absolute atomic E-state index is 11.3. The SMILES string of the molecule is Cc1cc(C2CC2)cc2c(C=O)cn(C(C)C)c12. The highest BCUT2D eigenvalue weighted by molar-refractivity contribution is 5.99. The van der Waals surface area contributed by atoms with Gasteiger partial charge in [0.25, 0.3) is 0 Å². The van der Waals surface area contributed by atoms with Crippen LogP contribution < -0.4 is 0 Å². The molecule has 0 saturated heterocycles. The van der Waals surface area contributed by atoms with E-state index in [1.54, 1.807) is 0 Å². The zero-order valence-electron chi connectivity index (χ0n) is 11.2. The Morgan fingerprint density at radius 2 is 2.06 bits per heavy atom. The van der Waals surface area contributed by atoms with Gasteiger partial charge in [0, 0.05) is 23.2 Å². The van der Waals surface area contributed by atoms with Gasteiger partial charge in [-0.1, -0.05) is 6.07 Å². The fourth-order valence-corrected chi connectivity index (χ4v) is 2.81. The lowest BCUT2D eigenvalue weighted by molar-refractivity contribution is 0.112. The lowest BCUT2D eigenvalue weighted by Gasteiger charge is -2.12. The van der Waals surface area contributed by atoms with Gasteiger partial charge in [-0.2, -0.15) is 0 Å². The summed E-state index contributed by atoms with van der Waals surface area (Å²) in [5.74, 6) is 0.731. The summed E-state index contributed by atoms with van der Waals surface area (Å²) in [6.07, 6.45) is 5.57. The highest BCUT2D eigenvalue weighted by atomic mass is 16.1. The van der Waals surface area contributed by atoms with Gasteiger partial charge in [-0.15, -0.1) is 0 Å². The molecule has 1 aliphatic carbocycles. The number of hydrogen-bond donors (Lipinski definition) is 0. The van der Waals surface area contributed by atoms with Crippen LogP contribution in [-0.4, -0.2) is 10.9 Å². The van der Waals surface area contributed by atoms with E-state index in [1.807, 2.05) is 6.20 Å². The minimum atomic E-state index is 0.381. The number of rotatable bonds is 3. The zero-order chi connectivity index (χ0) is 12.9. The molecule has 0 N–H and O–H groups in total. The van der Waals surface area contributed by atoms with Gasteiger partial charge < -0.3 is 4.57 Å². The summed E-state index contributed by atoms with van der Waals surface area (Å²) in [7, 11) is 0. The van der Waals surface area contributed by atoms with Crippen LogP contribution in [0.25, 0.3) is 10.9 Å². The van der Waals surface area contributed by atoms with E-state index in [9.17, 15) is 4.79 Å². The first-order chi connectivity index (χ1) is 8.61. The lowest BCUT2D eigenvalue weighted by Crippen LogP contribution is -1.99. The molecule has 18 heavy (non-hydrogen) atoms. The molecule has 0 amide bonds. The Kier molecular flexibility index (Phi) is 2.54. The molecule has 2 aromatic rings. The molecule has 1 aliphatic rings. The second kappa shape index (κ2) is 3.98. The first-order valence-electron chi connectivity index (χ1n) is 6.72. The van der Waals surface area contributed by atoms with E-state index < -0.39 is 0 Å². The lowest BCUT2D eigenvalue weighted by atomic mass is 10.0. The van der Waals surface area contributed by atoms with Crippen LogP contribution >= 0.6 is 0 Å². The Balaban J connectivity index is 2.31. The number of carbonyl (C=O) groups is 1. The van der Waals surface area contributed by atoms with Crippen LogP contribution in [-0.2, 0) is 0 Å². The summed E-state index contributed by atoms with van der Waals surface area (Å²) in [6.45, 7) is 6.46. The maximum Gasteiger partial charge on any atom is 0.152 e. The molecule has 0 unspecified atom stereocenters. The van der Waals surface area contributed by atoms with Gasteiger partial charge in [0.05, 0.1) is 5.52 Å². The fourth-order valence-electron chi connectivity index (χ4n) is 2.81. The van der Waals surface area contributed by atoms with Crippen molar-refractivity contribution in [2.75, 3.05) is 0 Å². The van der Waals surface area contributed by atoms with Crippen molar-refractivity contribution in [3.63, 3.8) is 0 Å². The van der Waals surface area contributed by atoms with Crippen molar-refractivity contribution < 1.29 is 4.79 Å². The Morgan fingerprint density at radius 1 is 1.33 bits per heavy atom. The number of aldehydes is 1. The topological polar surface area (TPSA) is 22.0 Å². The molecule has 1 fully saturated rings. The van der Waals surface area contributed by atoms with E-state index in [0.717, 1.165) is 23.2 Å². The fraction of sp³-hybridized carbons (Fsp3) is 0.438. The highest BCUT2D eigenvalue weighted by Crippen LogP contribution is 2.42. The number of aryl methyl sites for hydroxylation is 1. The van der Waals surface area contributed by atoms with Crippen LogP contribution in [0.4, 0.5) is 0 Å². The molecule has 94 valence electrons. The van der Waals surface area contributed by atoms with Crippen molar-refractivity contribution in [2.24, 2.45) is 0 Å². The summed E-state index contributed by atoms with van der Waals surface area (Å²) in [5.41, 5.74) is 4.74. The molecule has 1 saturated carbocycles. The molecule has 0 bridgehead atoms. The smallest absolute Gasteiger partial charge is 0.152 e. The van der Waals surface area contributed by atoms with Crippen molar-refractivity contribution in [3.8, 4) is 0 Å². The molecule has 2 heteroatoms. The molecule has 0 spiro atoms. The Morgan fingerprint density at radius 3 is 2.61 bits per heavy atom. The van der Waals surface area contributed by atoms with Gasteiger partial charge in [-0.3, -0.25) is 4.79 Å². The minimum absolute atomic E-state index is 0.381. The van der Waals surface area contributed by atoms with Gasteiger partial charge >= 0.3 is 0 Å². The number of fused-ring (bicyclic) bond motifs is 1. The predicted octanol–water partition coefficient (Wildman–Crippen LogP) is 4.22. The first kappa shape index (κ1) is 11.5. The predicted molar refractivity (Wildman–Crippen MR) is 74.4 cm³/mol. The molecule has 1 aromatic carbocycles. The maximum atomic E-state index is 11.3. The number of carbonyl (C=O) groups excluding carboxylic acids is 1. The van der Waals surface area contributed by atoms with Crippen molar-refractivity contribution in [2.45, 2.75) is 45.6 Å². The van der Waals surface area contributed by atoms with Gasteiger partial charge in [-0.25, -0.2) is 0 Å². The van der Waals surface area contributed by atoms with Gasteiger partial charge in [-0.05, 0) is 56.7 Å². The van der Waals surface area contributed by atoms with Crippen LogP contribution in [0.15, 0.2) is 18.3 Å². The van der Waals surface area contributed by atoms with Gasteiger partial charge in [0.15, 0.2) is 6.29 Å². The Hall–Kier alpha value is -1.57. The Bertz CT molecular complexity index is 618. The normalized spacial score (nSPS) is 15.6. The second-order valence-electron chi connectivity index (χ2n) is 5.71. The van der Waals surface area contributed by atoms with Crippen molar-refractivity contribution in [3.05, 3.63) is 35.0 Å². The first-order valence-corrected chi connectivity index (χ1v) is 6.72. The van der Waals surface area contributed by atoms with Crippen molar-refractivity contribution >= 4 is 17.2 Å². The zero-order valence-corrected chi connectivity index (χ0v) is 11.2. The standard InChI is InChI=1S/C16H19NO/c1-10(2)17-8-14(9-18)15-7-13(12-4-5-12)6-11(3)16(15)17/h6-10,12H,4-5H2,1-3H3. The summed E-state index contributed by atoms with van der Waals surface area (Å²) in [4.78, 5) is 11.3. The van der Waals surface area contributed by atoms with E-state index in [-0.39, 0.29) is 0 Å². The molecule has 0 radical (unpaired) electrons. The summed E-state index contributed by atoms with van der Waals surface area (Å²) in [6, 6.07) is 4.91. The van der Waals surface area contributed by atoms with Crippen LogP contribution in [0.2, 0.25) is 0 Å². The minimum Gasteiger partial charge on any atom is -0.344 e. The summed E-state index contributed by atoms with van der Waals surface area (Å²) < 4.78 is 2.21. The number of benzene rings is 1. The third-order valence-corrected chi connectivity index (χ3v) is 3.90. The van der Waals surface area contributed by atoms with E-state index in [0.29, 0.717) is 6.04 Å². The molecule has 1 aromatic heterocycles. The largest absolute Gasteiger partial charge is 0.344 e. The van der Waals surface area contributed by atoms with E-state index in [2.05, 4.69) is 37.5 Å². The third kappa shape index (κ3) is 1.67. The van der Waals surface area contributed by atoms with Crippen molar-refractivity contribution in [1.82, 2.24) is 4.57 Å². The molecule has 0 atom stereocenters. The highest BCUT2D eigenvalue weighted by Gasteiger charge is 2.25. The quantitative estimate of drug-likeness (QED) is 0.737. The van der Waals surface area contributed by atoms with E-state index >= 15 is 0 Å². The Labute approximate surface area is 108 Å². The summed E-state index contributed by atoms with van der Waals surface area (Å²) in [5, 5.41) is 1.13. The average Bonchev–Trinajstić information content (AvgIpc) is 3.10. The van der Waals surface area contributed by atoms with Gasteiger partial charge in [0.2, 0.25) is 0 Å². The number of hydrogen-bond acceptors (Lipinski definition) is 1. The second-order valence-corrected chi connectivity index (χ2v) is 5.71. The van der Waals surface area contributed by atoms with Crippen LogP contribution in [0.3, 0.4) is 0 Å². The molecule has 1 heterocycles. The molecule has 3 rings (SSSR count). The van der Waals surface area contributed by atoms with Gasteiger partial charge in [0.1, 0.15) is 0 Å². The van der Waals surface area contributed by atoms with Crippen LogP contribution in [0.5, 0.6) is 0 Å². The number of aromatic nitrogens is 1. The molecular formula is C16H19NO. The van der Waals surface area contributed by atoms with Crippen LogP contribution in [0.1, 0.15) is 60.1 Å². The molecule has 2 nitrogen and oxygen atoms in total. The van der Waals surface area contributed by atoms with E-state index in [4.69, 9.17) is 0 Å². The molecule has 0 aliphatic heterocycles. The summed E-state index contributed by atoms with van der Waals surface area (Å²) >= 11 is 0. The van der Waals surface area contributed by atoms with E-state index in [1.165, 1.54) is 29.5 Å². The number of nitrogens with zero attached hydrogens (tertiary/aromatic N) is 1.